The number of hydrogen-bond acceptors (Lipinski definition) is 4. The summed E-state index contributed by atoms with van der Waals surface area (Å²) in [6.07, 6.45) is 0.557. The van der Waals surface area contributed by atoms with Crippen LogP contribution >= 0.6 is 0 Å². The molecule has 2 amide bonds. The lowest BCUT2D eigenvalue weighted by atomic mass is 10.1. The monoisotopic (exact) mass is 271 g/mol. The number of carbonyl (C=O) groups excluding carboxylic acids is 3. The molecule has 0 saturated carbocycles. The minimum Gasteiger partial charge on any atom is -0.348 e. The average molecular weight is 271 g/mol. The fourth-order valence-electron chi connectivity index (χ4n) is 2.60. The molecule has 0 aromatic heterocycles. The Hall–Kier alpha value is -1.43. The molecule has 1 unspecified atom stereocenters. The van der Waals surface area contributed by atoms with Gasteiger partial charge in [0.05, 0.1) is 12.6 Å². The molecule has 2 saturated heterocycles. The lowest BCUT2D eigenvalue weighted by Gasteiger charge is -2.29. The first-order valence-corrected chi connectivity index (χ1v) is 6.50. The molecular formula is C13H21N3O3. The van der Waals surface area contributed by atoms with Crippen molar-refractivity contribution >= 4 is 18.1 Å². The summed E-state index contributed by atoms with van der Waals surface area (Å²) < 4.78 is 15.6. The Bertz CT molecular complexity index is 435. The van der Waals surface area contributed by atoms with E-state index in [1.54, 1.807) is 7.05 Å². The summed E-state index contributed by atoms with van der Waals surface area (Å²) >= 11 is 0. The number of likely N-dealkylation sites (N-methyl/N-ethyl adjacent to an activating group) is 1. The highest BCUT2D eigenvalue weighted by molar-refractivity contribution is 5.91. The molecule has 0 aromatic carbocycles. The highest BCUT2D eigenvalue weighted by Crippen LogP contribution is 2.23. The SMILES string of the molecule is [3H]C1C[C@H](C(=O)N2C[C@@H]([3H])C[C@H]2C(=O)NCC=O)N(C)C1. The Morgan fingerprint density at radius 1 is 1.32 bits per heavy atom. The van der Waals surface area contributed by atoms with E-state index in [1.165, 1.54) is 4.90 Å². The normalized spacial score (nSPS) is 36.8. The molecule has 0 aliphatic carbocycles. The van der Waals surface area contributed by atoms with Crippen LogP contribution in [0.3, 0.4) is 0 Å². The van der Waals surface area contributed by atoms with E-state index >= 15 is 0 Å². The number of likely N-dealkylation sites (tertiary alicyclic amines) is 2. The third-order valence-corrected chi connectivity index (χ3v) is 3.66. The van der Waals surface area contributed by atoms with Gasteiger partial charge in [0.15, 0.2) is 0 Å². The van der Waals surface area contributed by atoms with Gasteiger partial charge in [0.25, 0.3) is 0 Å². The number of hydrogen-bond donors (Lipinski definition) is 1. The molecule has 6 heteroatoms. The minimum absolute atomic E-state index is 0.0852. The van der Waals surface area contributed by atoms with Crippen molar-refractivity contribution < 1.29 is 17.1 Å². The molecule has 2 fully saturated rings. The first kappa shape index (κ1) is 11.4. The van der Waals surface area contributed by atoms with Crippen molar-refractivity contribution in [1.29, 1.82) is 0 Å². The van der Waals surface area contributed by atoms with Gasteiger partial charge in [0.2, 0.25) is 11.8 Å². The largest absolute Gasteiger partial charge is 0.348 e. The molecule has 2 aliphatic heterocycles. The smallest absolute Gasteiger partial charge is 0.243 e. The zero-order valence-electron chi connectivity index (χ0n) is 13.0. The van der Waals surface area contributed by atoms with Crippen LogP contribution < -0.4 is 5.32 Å². The number of aldehydes is 1. The topological polar surface area (TPSA) is 69.7 Å². The molecule has 4 atom stereocenters. The third-order valence-electron chi connectivity index (χ3n) is 3.66. The summed E-state index contributed by atoms with van der Waals surface area (Å²) in [5, 5.41) is 2.46. The van der Waals surface area contributed by atoms with Gasteiger partial charge in [0, 0.05) is 9.29 Å². The van der Waals surface area contributed by atoms with E-state index in [1.807, 2.05) is 4.90 Å². The first-order valence-electron chi connectivity index (χ1n) is 7.66. The molecule has 1 N–H and O–H groups in total. The van der Waals surface area contributed by atoms with Crippen LogP contribution in [-0.4, -0.2) is 66.7 Å². The van der Waals surface area contributed by atoms with Crippen molar-refractivity contribution in [3.63, 3.8) is 0 Å². The van der Waals surface area contributed by atoms with E-state index in [0.29, 0.717) is 19.3 Å². The summed E-state index contributed by atoms with van der Waals surface area (Å²) in [4.78, 5) is 38.2. The van der Waals surface area contributed by atoms with Gasteiger partial charge < -0.3 is 15.0 Å². The highest BCUT2D eigenvalue weighted by Gasteiger charge is 2.39. The Morgan fingerprint density at radius 2 is 2.00 bits per heavy atom. The van der Waals surface area contributed by atoms with Crippen LogP contribution in [-0.2, 0) is 14.4 Å². The maximum atomic E-state index is 12.6. The van der Waals surface area contributed by atoms with Crippen molar-refractivity contribution in [1.82, 2.24) is 15.1 Å². The summed E-state index contributed by atoms with van der Waals surface area (Å²) in [6.45, 7) is 0.680. The van der Waals surface area contributed by atoms with E-state index in [9.17, 15) is 14.4 Å². The zero-order valence-corrected chi connectivity index (χ0v) is 11.0. The second kappa shape index (κ2) is 6.14. The van der Waals surface area contributed by atoms with E-state index in [4.69, 9.17) is 2.74 Å². The molecule has 0 aromatic rings. The van der Waals surface area contributed by atoms with Crippen molar-refractivity contribution in [2.24, 2.45) is 0 Å². The Kier molecular flexibility index (Phi) is 3.69. The van der Waals surface area contributed by atoms with Gasteiger partial charge in [-0.1, -0.05) is 0 Å². The van der Waals surface area contributed by atoms with Crippen molar-refractivity contribution in [2.45, 2.75) is 37.7 Å². The molecule has 2 rings (SSSR count). The van der Waals surface area contributed by atoms with Crippen molar-refractivity contribution in [3.05, 3.63) is 0 Å². The van der Waals surface area contributed by atoms with E-state index in [2.05, 4.69) is 5.32 Å². The molecular weight excluding hydrogens is 246 g/mol. The van der Waals surface area contributed by atoms with Crippen molar-refractivity contribution in [3.8, 4) is 0 Å². The fraction of sp³-hybridized carbons (Fsp3) is 0.769. The van der Waals surface area contributed by atoms with Crippen LogP contribution in [0.1, 0.15) is 28.4 Å². The lowest BCUT2D eigenvalue weighted by Crippen LogP contribution is -2.51. The van der Waals surface area contributed by atoms with Gasteiger partial charge in [-0.15, -0.1) is 0 Å². The second-order valence-corrected chi connectivity index (χ2v) is 4.92. The average Bonchev–Trinajstić information content (AvgIpc) is 2.98. The summed E-state index contributed by atoms with van der Waals surface area (Å²) in [5.74, 6) is -0.568. The lowest BCUT2D eigenvalue weighted by molar-refractivity contribution is -0.141. The standard InChI is InChI=1S/C13H21N3O3/c1-15-7-2-5-11(15)13(19)16-8-3-4-10(16)12(18)14-6-9-17/h9-11H,2-8H2,1H3,(H,14,18)/t10-,11+/m0/s1/i2T,3T/t2?,3-,10-,11+. The van der Waals surface area contributed by atoms with Crippen LogP contribution in [0.25, 0.3) is 0 Å². The van der Waals surface area contributed by atoms with Gasteiger partial charge in [-0.25, -0.2) is 0 Å². The Labute approximate surface area is 115 Å². The number of nitrogens with one attached hydrogen (secondary N) is 1. The van der Waals surface area contributed by atoms with Crippen molar-refractivity contribution in [2.75, 3.05) is 26.7 Å². The number of rotatable bonds is 4. The van der Waals surface area contributed by atoms with E-state index in [-0.39, 0.29) is 43.8 Å². The van der Waals surface area contributed by atoms with Crippen LogP contribution in [0.5, 0.6) is 0 Å². The van der Waals surface area contributed by atoms with Crippen LogP contribution in [0, 0.1) is 0 Å². The maximum absolute atomic E-state index is 12.6. The fourth-order valence-corrected chi connectivity index (χ4v) is 2.60. The zero-order chi connectivity index (χ0) is 15.6. The predicted molar refractivity (Wildman–Crippen MR) is 69.5 cm³/mol. The van der Waals surface area contributed by atoms with E-state index in [0.717, 1.165) is 0 Å². The van der Waals surface area contributed by atoms with Gasteiger partial charge in [0.1, 0.15) is 12.3 Å². The van der Waals surface area contributed by atoms with E-state index < -0.39 is 12.4 Å². The Morgan fingerprint density at radius 3 is 2.63 bits per heavy atom. The molecule has 0 radical (unpaired) electrons. The summed E-state index contributed by atoms with van der Waals surface area (Å²) in [5.41, 5.74) is 0. The van der Waals surface area contributed by atoms with Crippen LogP contribution in [0.15, 0.2) is 0 Å². The molecule has 0 spiro atoms. The Balaban J connectivity index is 2.07. The van der Waals surface area contributed by atoms with Gasteiger partial charge in [-0.3, -0.25) is 14.5 Å². The van der Waals surface area contributed by atoms with Gasteiger partial charge >= 0.3 is 0 Å². The van der Waals surface area contributed by atoms with Gasteiger partial charge in [-0.05, 0) is 39.2 Å². The molecule has 6 nitrogen and oxygen atoms in total. The quantitative estimate of drug-likeness (QED) is 0.692. The first-order chi connectivity index (χ1) is 9.93. The van der Waals surface area contributed by atoms with Crippen LogP contribution in [0.4, 0.5) is 0 Å². The molecule has 2 heterocycles. The molecule has 106 valence electrons. The molecule has 2 aliphatic rings. The number of nitrogens with zero attached hydrogens (tertiary/aromatic N) is 2. The molecule has 19 heavy (non-hydrogen) atoms. The minimum atomic E-state index is -0.682. The highest BCUT2D eigenvalue weighted by atomic mass is 16.2. The molecule has 0 bridgehead atoms. The number of carbonyl (C=O) groups is 3. The van der Waals surface area contributed by atoms with Crippen LogP contribution in [0.2, 0.25) is 0 Å². The third kappa shape index (κ3) is 2.94. The summed E-state index contributed by atoms with van der Waals surface area (Å²) in [7, 11) is 1.80. The summed E-state index contributed by atoms with van der Waals surface area (Å²) in [6, 6.07) is -1.07. The number of amides is 2. The second-order valence-electron chi connectivity index (χ2n) is 4.92. The predicted octanol–water partition coefficient (Wildman–Crippen LogP) is -0.613. The maximum Gasteiger partial charge on any atom is 0.243 e. The van der Waals surface area contributed by atoms with Gasteiger partial charge in [-0.2, -0.15) is 0 Å².